The number of hydrogen-bond acceptors (Lipinski definition) is 3. The number of esters is 1. The highest BCUT2D eigenvalue weighted by Crippen LogP contribution is 2.37. The maximum Gasteiger partial charge on any atom is 0.309 e. The van der Waals surface area contributed by atoms with E-state index in [-0.39, 0.29) is 12.4 Å². The number of fused-ring (bicyclic) bond motifs is 1. The Hall–Kier alpha value is -1.48. The van der Waals surface area contributed by atoms with Crippen LogP contribution in [0.4, 0.5) is 0 Å². The summed E-state index contributed by atoms with van der Waals surface area (Å²) < 4.78 is 9.87. The van der Waals surface area contributed by atoms with Crippen molar-refractivity contribution in [1.82, 2.24) is 0 Å². The van der Waals surface area contributed by atoms with Crippen molar-refractivity contribution in [3.63, 3.8) is 0 Å². The monoisotopic (exact) mass is 266 g/mol. The molecule has 0 saturated carbocycles. The van der Waals surface area contributed by atoms with E-state index >= 15 is 0 Å². The molecule has 0 aromatic heterocycles. The highest BCUT2D eigenvalue weighted by molar-refractivity contribution is 6.49. The summed E-state index contributed by atoms with van der Waals surface area (Å²) in [7, 11) is 3.03. The maximum atomic E-state index is 11.3. The average molecular weight is 267 g/mol. The van der Waals surface area contributed by atoms with Gasteiger partial charge in [-0.2, -0.15) is 0 Å². The molecule has 1 aromatic carbocycles. The summed E-state index contributed by atoms with van der Waals surface area (Å²) in [5.74, 6) is 0.578. The highest BCUT2D eigenvalue weighted by Gasteiger charge is 2.20. The second kappa shape index (κ2) is 5.44. The van der Waals surface area contributed by atoms with Crippen LogP contribution in [0.2, 0.25) is 0 Å². The van der Waals surface area contributed by atoms with E-state index in [2.05, 4.69) is 4.74 Å². The van der Waals surface area contributed by atoms with Crippen LogP contribution in [0.5, 0.6) is 5.75 Å². The van der Waals surface area contributed by atoms with Gasteiger partial charge in [-0.3, -0.25) is 4.79 Å². The molecule has 0 heterocycles. The Bertz CT molecular complexity index is 506. The van der Waals surface area contributed by atoms with Crippen molar-refractivity contribution in [3.8, 4) is 5.75 Å². The van der Waals surface area contributed by atoms with Crippen LogP contribution < -0.4 is 4.74 Å². The summed E-state index contributed by atoms with van der Waals surface area (Å²) in [5.41, 5.74) is 3.09. The molecule has 18 heavy (non-hydrogen) atoms. The molecule has 4 heteroatoms. The molecule has 1 aliphatic rings. The highest BCUT2D eigenvalue weighted by atomic mass is 35.5. The molecule has 0 spiro atoms. The number of hydrogen-bond donors (Lipinski definition) is 0. The molecule has 3 nitrogen and oxygen atoms in total. The Labute approximate surface area is 111 Å². The Kier molecular flexibility index (Phi) is 3.92. The molecule has 0 N–H and O–H groups in total. The number of aryl methyl sites for hydroxylation is 1. The minimum Gasteiger partial charge on any atom is -0.497 e. The molecular weight excluding hydrogens is 252 g/mol. The number of benzene rings is 1. The number of carbonyl (C=O) groups excluding carboxylic acids is 1. The van der Waals surface area contributed by atoms with Crippen molar-refractivity contribution in [1.29, 1.82) is 0 Å². The second-order valence-corrected chi connectivity index (χ2v) is 4.57. The van der Waals surface area contributed by atoms with Gasteiger partial charge in [0.2, 0.25) is 0 Å². The van der Waals surface area contributed by atoms with Gasteiger partial charge in [0.15, 0.2) is 0 Å². The predicted molar refractivity (Wildman–Crippen MR) is 70.7 cm³/mol. The molecule has 0 unspecified atom stereocenters. The van der Waals surface area contributed by atoms with Gasteiger partial charge in [0.1, 0.15) is 5.75 Å². The summed E-state index contributed by atoms with van der Waals surface area (Å²) in [6, 6.07) is 5.81. The number of ether oxygens (including phenoxy) is 2. The maximum absolute atomic E-state index is 11.3. The fraction of sp³-hybridized carbons (Fsp3) is 0.357. The van der Waals surface area contributed by atoms with Crippen LogP contribution in [0, 0.1) is 0 Å². The van der Waals surface area contributed by atoms with Gasteiger partial charge in [-0.25, -0.2) is 0 Å². The first kappa shape index (κ1) is 13.0. The van der Waals surface area contributed by atoms with E-state index in [0.717, 1.165) is 35.3 Å². The van der Waals surface area contributed by atoms with E-state index in [1.54, 1.807) is 7.11 Å². The van der Waals surface area contributed by atoms with Gasteiger partial charge in [0, 0.05) is 5.03 Å². The Balaban J connectivity index is 2.32. The Morgan fingerprint density at radius 3 is 2.78 bits per heavy atom. The van der Waals surface area contributed by atoms with Gasteiger partial charge in [-0.15, -0.1) is 0 Å². The van der Waals surface area contributed by atoms with Gasteiger partial charge in [-0.1, -0.05) is 11.6 Å². The van der Waals surface area contributed by atoms with E-state index < -0.39 is 0 Å². The first-order chi connectivity index (χ1) is 8.65. The van der Waals surface area contributed by atoms with Crippen LogP contribution in [0.3, 0.4) is 0 Å². The van der Waals surface area contributed by atoms with Crippen molar-refractivity contribution in [2.45, 2.75) is 19.3 Å². The quantitative estimate of drug-likeness (QED) is 0.789. The molecule has 0 radical (unpaired) electrons. The SMILES string of the molecule is COC(=O)CC1=C(Cl)c2ccc(OC)cc2CC1. The van der Waals surface area contributed by atoms with Gasteiger partial charge in [0.05, 0.1) is 20.6 Å². The van der Waals surface area contributed by atoms with Crippen LogP contribution in [-0.2, 0) is 16.0 Å². The Morgan fingerprint density at radius 1 is 1.33 bits per heavy atom. The number of carbonyl (C=O) groups is 1. The fourth-order valence-corrected chi connectivity index (χ4v) is 2.46. The first-order valence-corrected chi connectivity index (χ1v) is 6.15. The minimum absolute atomic E-state index is 0.250. The van der Waals surface area contributed by atoms with Crippen LogP contribution in [-0.4, -0.2) is 20.2 Å². The third kappa shape index (κ3) is 2.51. The van der Waals surface area contributed by atoms with Crippen LogP contribution >= 0.6 is 11.6 Å². The molecule has 96 valence electrons. The average Bonchev–Trinajstić information content (AvgIpc) is 2.41. The zero-order chi connectivity index (χ0) is 13.1. The lowest BCUT2D eigenvalue weighted by Crippen LogP contribution is -2.08. The van der Waals surface area contributed by atoms with E-state index in [9.17, 15) is 4.79 Å². The molecule has 0 atom stereocenters. The van der Waals surface area contributed by atoms with Crippen LogP contribution in [0.15, 0.2) is 23.8 Å². The topological polar surface area (TPSA) is 35.5 Å². The molecule has 0 aliphatic heterocycles. The smallest absolute Gasteiger partial charge is 0.309 e. The third-order valence-corrected chi connectivity index (χ3v) is 3.61. The molecular formula is C14H15ClO3. The zero-order valence-electron chi connectivity index (χ0n) is 10.5. The lowest BCUT2D eigenvalue weighted by molar-refractivity contribution is -0.139. The van der Waals surface area contributed by atoms with Crippen molar-refractivity contribution in [2.75, 3.05) is 14.2 Å². The molecule has 0 amide bonds. The number of halogens is 1. The molecule has 1 aromatic rings. The summed E-state index contributed by atoms with van der Waals surface area (Å²) >= 11 is 6.34. The largest absolute Gasteiger partial charge is 0.497 e. The van der Waals surface area contributed by atoms with Gasteiger partial charge < -0.3 is 9.47 Å². The van der Waals surface area contributed by atoms with Crippen molar-refractivity contribution >= 4 is 22.6 Å². The van der Waals surface area contributed by atoms with Crippen LogP contribution in [0.1, 0.15) is 24.0 Å². The van der Waals surface area contributed by atoms with Gasteiger partial charge in [0.25, 0.3) is 0 Å². The van der Waals surface area contributed by atoms with Gasteiger partial charge in [-0.05, 0) is 47.7 Å². The first-order valence-electron chi connectivity index (χ1n) is 5.77. The molecule has 1 aliphatic carbocycles. The van der Waals surface area contributed by atoms with E-state index in [4.69, 9.17) is 16.3 Å². The minimum atomic E-state index is -0.250. The lowest BCUT2D eigenvalue weighted by Gasteiger charge is -2.20. The summed E-state index contributed by atoms with van der Waals surface area (Å²) in [4.78, 5) is 11.3. The van der Waals surface area contributed by atoms with E-state index in [1.165, 1.54) is 7.11 Å². The fourth-order valence-electron chi connectivity index (χ4n) is 2.12. The van der Waals surface area contributed by atoms with Gasteiger partial charge >= 0.3 is 5.97 Å². The number of methoxy groups -OCH3 is 2. The summed E-state index contributed by atoms with van der Waals surface area (Å²) in [6.07, 6.45) is 1.92. The van der Waals surface area contributed by atoms with E-state index in [1.807, 2.05) is 18.2 Å². The lowest BCUT2D eigenvalue weighted by atomic mass is 9.90. The summed E-state index contributed by atoms with van der Waals surface area (Å²) in [5, 5.41) is 0.671. The van der Waals surface area contributed by atoms with Crippen molar-refractivity contribution in [2.24, 2.45) is 0 Å². The second-order valence-electron chi connectivity index (χ2n) is 4.19. The molecule has 0 bridgehead atoms. The van der Waals surface area contributed by atoms with Crippen molar-refractivity contribution < 1.29 is 14.3 Å². The van der Waals surface area contributed by atoms with Crippen molar-refractivity contribution in [3.05, 3.63) is 34.9 Å². The third-order valence-electron chi connectivity index (χ3n) is 3.14. The zero-order valence-corrected chi connectivity index (χ0v) is 11.2. The Morgan fingerprint density at radius 2 is 2.11 bits per heavy atom. The molecule has 2 rings (SSSR count). The number of rotatable bonds is 3. The van der Waals surface area contributed by atoms with E-state index in [0.29, 0.717) is 5.03 Å². The molecule has 0 fully saturated rings. The normalized spacial score (nSPS) is 14.2. The summed E-state index contributed by atoms with van der Waals surface area (Å²) in [6.45, 7) is 0. The molecule has 0 saturated heterocycles. The predicted octanol–water partition coefficient (Wildman–Crippen LogP) is 3.15. The standard InChI is InChI=1S/C14H15ClO3/c1-17-11-5-6-12-9(7-11)3-4-10(14(12)15)8-13(16)18-2/h5-7H,3-4,8H2,1-2H3. The van der Waals surface area contributed by atoms with Crippen LogP contribution in [0.25, 0.3) is 5.03 Å².